The standard InChI is InChI=1S/2C32H23ClN2O4/c2*1-35-16-22(17-12-14-19(33)15-13-17)27(29(37)26-28(36)20-8-2-3-11-24(20)34-31(26)39)32(35)23-10-5-7-18-6-4-9-21(25(18)23)30(32)38/h2*2-15,22,27H,16H2,1H3,(H2,34,36,39)/t2*22-,27+,32-/m00/s1. The van der Waals surface area contributed by atoms with E-state index in [1.165, 1.54) is 0 Å². The number of nitrogens with one attached hydrogen (secondary N) is 2. The van der Waals surface area contributed by atoms with Gasteiger partial charge in [-0.1, -0.05) is 145 Å². The van der Waals surface area contributed by atoms with Gasteiger partial charge < -0.3 is 20.2 Å². The lowest BCUT2D eigenvalue weighted by Crippen LogP contribution is -2.50. The number of nitrogens with zero attached hydrogens (tertiary/aromatic N) is 2. The van der Waals surface area contributed by atoms with Crippen molar-refractivity contribution in [3.05, 3.63) is 245 Å². The number of Topliss-reactive ketones (excluding diaryl/α,β-unsaturated/α-hetero) is 4. The first kappa shape index (κ1) is 49.1. The van der Waals surface area contributed by atoms with Crippen LogP contribution >= 0.6 is 23.2 Å². The van der Waals surface area contributed by atoms with Crippen LogP contribution in [0.2, 0.25) is 10.0 Å². The molecule has 4 N–H and O–H groups in total. The van der Waals surface area contributed by atoms with Crippen molar-refractivity contribution in [1.82, 2.24) is 19.8 Å². The number of aromatic amines is 2. The first-order valence-electron chi connectivity index (χ1n) is 25.5. The van der Waals surface area contributed by atoms with Gasteiger partial charge in [0, 0.05) is 56.9 Å². The zero-order chi connectivity index (χ0) is 54.1. The Bertz CT molecular complexity index is 4090. The molecule has 6 atom stereocenters. The van der Waals surface area contributed by atoms with Crippen LogP contribution in [-0.4, -0.2) is 80.3 Å². The first-order chi connectivity index (χ1) is 37.7. The summed E-state index contributed by atoms with van der Waals surface area (Å²) in [4.78, 5) is 94.6. The third-order valence-corrected chi connectivity index (χ3v) is 17.6. The van der Waals surface area contributed by atoms with Crippen LogP contribution in [0.3, 0.4) is 0 Å². The molecule has 0 saturated carbocycles. The lowest BCUT2D eigenvalue weighted by atomic mass is 9.69. The molecule has 4 heterocycles. The fourth-order valence-corrected chi connectivity index (χ4v) is 14.1. The number of aromatic hydroxyl groups is 2. The number of ketones is 4. The SMILES string of the molecule is CN1C[C@@H](c2ccc(Cl)cc2)[C@H](C(=O)c2c(O)c3ccccc3[nH]c2=O)[C@@]12C(=O)c1cccc3cccc2c13.CN1C[C@@H](c2ccc(Cl)cc2)[C@H](C(=O)c2c(O)c3ccccc3[nH]c2=O)[C@@]12C(=O)c1cccc3cccc2c13. The largest absolute Gasteiger partial charge is 0.506 e. The summed E-state index contributed by atoms with van der Waals surface area (Å²) < 4.78 is 0. The number of H-pyrrole nitrogens is 2. The van der Waals surface area contributed by atoms with E-state index in [-0.39, 0.29) is 34.2 Å². The van der Waals surface area contributed by atoms with Gasteiger partial charge in [-0.3, -0.25) is 38.6 Å². The van der Waals surface area contributed by atoms with Gasteiger partial charge in [0.1, 0.15) is 33.7 Å². The zero-order valence-electron chi connectivity index (χ0n) is 41.9. The predicted molar refractivity (Wildman–Crippen MR) is 302 cm³/mol. The number of rotatable bonds is 6. The predicted octanol–water partition coefficient (Wildman–Crippen LogP) is 11.3. The van der Waals surface area contributed by atoms with Gasteiger partial charge in [0.25, 0.3) is 11.1 Å². The van der Waals surface area contributed by atoms with Crippen molar-refractivity contribution >= 4 is 89.7 Å². The fourth-order valence-electron chi connectivity index (χ4n) is 13.9. The second kappa shape index (κ2) is 18.0. The number of carbonyl (C=O) groups excluding carboxylic acids is 4. The Morgan fingerprint density at radius 1 is 0.487 bits per heavy atom. The number of benzene rings is 8. The highest BCUT2D eigenvalue weighted by Gasteiger charge is 2.66. The fraction of sp³-hybridized carbons (Fsp3) is 0.156. The number of hydrogen-bond acceptors (Lipinski definition) is 10. The van der Waals surface area contributed by atoms with Crippen LogP contribution in [0.1, 0.15) is 75.5 Å². The molecule has 2 aliphatic heterocycles. The number of carbonyl (C=O) groups is 4. The topological polar surface area (TPSA) is 181 Å². The quantitative estimate of drug-likeness (QED) is 0.117. The molecule has 10 aromatic rings. The monoisotopic (exact) mass is 1070 g/mol. The molecule has 2 saturated heterocycles. The molecule has 78 heavy (non-hydrogen) atoms. The van der Waals surface area contributed by atoms with E-state index in [1.807, 2.05) is 109 Å². The van der Waals surface area contributed by atoms with Crippen LogP contribution in [-0.2, 0) is 11.1 Å². The average Bonchev–Trinajstić information content (AvgIpc) is 3.25. The third-order valence-electron chi connectivity index (χ3n) is 17.1. The van der Waals surface area contributed by atoms with Gasteiger partial charge in [-0.15, -0.1) is 0 Å². The molecule has 12 nitrogen and oxygen atoms in total. The molecule has 0 amide bonds. The van der Waals surface area contributed by atoms with Crippen molar-refractivity contribution < 1.29 is 29.4 Å². The minimum absolute atomic E-state index is 0.177. The van der Waals surface area contributed by atoms with Gasteiger partial charge in [0.05, 0.1) is 22.9 Å². The molecule has 2 aliphatic carbocycles. The van der Waals surface area contributed by atoms with Gasteiger partial charge in [0.15, 0.2) is 23.1 Å². The second-order valence-electron chi connectivity index (χ2n) is 20.8. The Balaban J connectivity index is 0.000000148. The summed E-state index contributed by atoms with van der Waals surface area (Å²) in [6, 6.07) is 50.8. The second-order valence-corrected chi connectivity index (χ2v) is 21.7. The highest BCUT2D eigenvalue weighted by atomic mass is 35.5. The molecule has 14 rings (SSSR count). The zero-order valence-corrected chi connectivity index (χ0v) is 43.4. The molecule has 8 aromatic carbocycles. The number of hydrogen-bond donors (Lipinski definition) is 4. The molecule has 4 aliphatic rings. The minimum atomic E-state index is -1.35. The summed E-state index contributed by atoms with van der Waals surface area (Å²) in [6.45, 7) is 0.779. The van der Waals surface area contributed by atoms with E-state index in [2.05, 4.69) is 9.97 Å². The Labute approximate surface area is 455 Å². The van der Waals surface area contributed by atoms with E-state index in [0.717, 1.165) is 43.8 Å². The maximum Gasteiger partial charge on any atom is 0.263 e. The Morgan fingerprint density at radius 2 is 0.846 bits per heavy atom. The summed E-state index contributed by atoms with van der Waals surface area (Å²) >= 11 is 12.4. The van der Waals surface area contributed by atoms with Gasteiger partial charge in [-0.2, -0.15) is 0 Å². The number of fused-ring (bicyclic) bond motifs is 4. The lowest BCUT2D eigenvalue weighted by molar-refractivity contribution is 0.0571. The molecule has 0 unspecified atom stereocenters. The number of likely N-dealkylation sites (N-methyl/N-ethyl adjacent to an activating group) is 2. The van der Waals surface area contributed by atoms with Crippen molar-refractivity contribution in [2.45, 2.75) is 22.9 Å². The molecule has 14 heteroatoms. The third kappa shape index (κ3) is 6.80. The maximum absolute atomic E-state index is 14.7. The van der Waals surface area contributed by atoms with E-state index in [0.29, 0.717) is 56.1 Å². The molecule has 0 radical (unpaired) electrons. The molecule has 2 spiro atoms. The number of halogens is 2. The summed E-state index contributed by atoms with van der Waals surface area (Å²) in [5, 5.41) is 27.9. The molecular weight excluding hydrogens is 1020 g/mol. The molecular formula is C64H46Cl2N4O8. The van der Waals surface area contributed by atoms with Crippen molar-refractivity contribution in [3.63, 3.8) is 0 Å². The Hall–Kier alpha value is -8.52. The van der Waals surface area contributed by atoms with Crippen LogP contribution < -0.4 is 11.1 Å². The molecule has 0 bridgehead atoms. The average molecular weight is 1070 g/mol. The van der Waals surface area contributed by atoms with Gasteiger partial charge in [-0.05, 0) is 106 Å². The maximum atomic E-state index is 14.7. The summed E-state index contributed by atoms with van der Waals surface area (Å²) in [7, 11) is 3.70. The Morgan fingerprint density at radius 3 is 1.23 bits per heavy atom. The number of aromatic nitrogens is 2. The highest BCUT2D eigenvalue weighted by Crippen LogP contribution is 2.59. The summed E-state index contributed by atoms with van der Waals surface area (Å²) in [5.41, 5.74) is 0.385. The number of pyridine rings is 2. The molecule has 384 valence electrons. The minimum Gasteiger partial charge on any atom is -0.506 e. The molecule has 2 fully saturated rings. The molecule has 2 aromatic heterocycles. The number of para-hydroxylation sites is 2. The number of likely N-dealkylation sites (tertiary alicyclic amines) is 2. The van der Waals surface area contributed by atoms with Crippen molar-refractivity contribution in [3.8, 4) is 11.5 Å². The van der Waals surface area contributed by atoms with Crippen LogP contribution in [0.25, 0.3) is 43.4 Å². The van der Waals surface area contributed by atoms with Crippen LogP contribution in [0.15, 0.2) is 179 Å². The van der Waals surface area contributed by atoms with Crippen molar-refractivity contribution in [2.24, 2.45) is 11.8 Å². The van der Waals surface area contributed by atoms with Gasteiger partial charge >= 0.3 is 0 Å². The van der Waals surface area contributed by atoms with Crippen molar-refractivity contribution in [1.29, 1.82) is 0 Å². The van der Waals surface area contributed by atoms with Crippen LogP contribution in [0.4, 0.5) is 0 Å². The van der Waals surface area contributed by atoms with Crippen LogP contribution in [0.5, 0.6) is 11.5 Å². The normalized spacial score (nSPS) is 22.4. The van der Waals surface area contributed by atoms with E-state index >= 15 is 0 Å². The van der Waals surface area contributed by atoms with E-state index in [1.54, 1.807) is 84.9 Å². The lowest BCUT2D eigenvalue weighted by Gasteiger charge is -2.37. The highest BCUT2D eigenvalue weighted by molar-refractivity contribution is 6.31. The van der Waals surface area contributed by atoms with Crippen molar-refractivity contribution in [2.75, 3.05) is 27.2 Å². The summed E-state index contributed by atoms with van der Waals surface area (Å²) in [5.74, 6) is -5.10. The van der Waals surface area contributed by atoms with E-state index in [9.17, 15) is 39.0 Å². The van der Waals surface area contributed by atoms with E-state index in [4.69, 9.17) is 23.2 Å². The van der Waals surface area contributed by atoms with Gasteiger partial charge in [0.2, 0.25) is 0 Å². The van der Waals surface area contributed by atoms with Gasteiger partial charge in [-0.25, -0.2) is 0 Å². The summed E-state index contributed by atoms with van der Waals surface area (Å²) in [6.07, 6.45) is 0. The Kier molecular flexibility index (Phi) is 11.3. The first-order valence-corrected chi connectivity index (χ1v) is 26.3. The van der Waals surface area contributed by atoms with Crippen LogP contribution in [0, 0.1) is 11.8 Å². The smallest absolute Gasteiger partial charge is 0.263 e. The van der Waals surface area contributed by atoms with E-state index < -0.39 is 57.4 Å².